The number of aliphatic carboxylic acids is 2. The molecule has 4 N–H and O–H groups in total. The molecular weight excluding hydrogens is 304 g/mol. The van der Waals surface area contributed by atoms with Gasteiger partial charge < -0.3 is 25.6 Å². The molecule has 21 heavy (non-hydrogen) atoms. The molecule has 0 fully saturated rings. The summed E-state index contributed by atoms with van der Waals surface area (Å²) in [6.45, 7) is 0. The molecule has 8 nitrogen and oxygen atoms in total. The summed E-state index contributed by atoms with van der Waals surface area (Å²) in [6.07, 6.45) is -0.741. The van der Waals surface area contributed by atoms with Crippen molar-refractivity contribution in [3.05, 3.63) is 23.2 Å². The van der Waals surface area contributed by atoms with Crippen LogP contribution in [0.25, 0.3) is 0 Å². The standard InChI is InChI=1S/C12H13ClN2O6/c1-21-6-2-3-7(13)8(4-6)14-12(20)15-9(11(18)19)5-10(16)17/h2-4,9H,5H2,1H3,(H,16,17)(H,18,19)(H2,14,15,20)/t9-/m1/s1. The Morgan fingerprint density at radius 3 is 2.52 bits per heavy atom. The number of nitrogens with one attached hydrogen (secondary N) is 2. The largest absolute Gasteiger partial charge is 0.497 e. The molecule has 1 aromatic carbocycles. The Morgan fingerprint density at radius 1 is 1.33 bits per heavy atom. The van der Waals surface area contributed by atoms with Gasteiger partial charge in [0.1, 0.15) is 11.8 Å². The molecule has 114 valence electrons. The van der Waals surface area contributed by atoms with Crippen molar-refractivity contribution in [3.63, 3.8) is 0 Å². The van der Waals surface area contributed by atoms with E-state index in [4.69, 9.17) is 26.6 Å². The number of carboxylic acid groups (broad SMARTS) is 2. The Kier molecular flexibility index (Phi) is 5.79. The fraction of sp³-hybridized carbons (Fsp3) is 0.250. The molecule has 0 heterocycles. The maximum atomic E-state index is 11.7. The Morgan fingerprint density at radius 2 is 2.00 bits per heavy atom. The first-order chi connectivity index (χ1) is 9.83. The molecule has 0 spiro atoms. The summed E-state index contributed by atoms with van der Waals surface area (Å²) in [6, 6.07) is 2.07. The Hall–Kier alpha value is -2.48. The predicted molar refractivity (Wildman–Crippen MR) is 73.8 cm³/mol. The van der Waals surface area contributed by atoms with E-state index in [0.29, 0.717) is 5.75 Å². The van der Waals surface area contributed by atoms with E-state index in [1.165, 1.54) is 19.2 Å². The van der Waals surface area contributed by atoms with Crippen LogP contribution >= 0.6 is 11.6 Å². The fourth-order valence-electron chi connectivity index (χ4n) is 1.42. The van der Waals surface area contributed by atoms with E-state index in [0.717, 1.165) is 0 Å². The summed E-state index contributed by atoms with van der Waals surface area (Å²) in [4.78, 5) is 33.0. The third kappa shape index (κ3) is 5.19. The quantitative estimate of drug-likeness (QED) is 0.628. The lowest BCUT2D eigenvalue weighted by molar-refractivity contribution is -0.145. The molecule has 1 rings (SSSR count). The molecule has 1 atom stereocenters. The van der Waals surface area contributed by atoms with Crippen LogP contribution < -0.4 is 15.4 Å². The molecule has 0 aliphatic heterocycles. The zero-order valence-electron chi connectivity index (χ0n) is 10.9. The summed E-state index contributed by atoms with van der Waals surface area (Å²) < 4.78 is 4.96. The van der Waals surface area contributed by atoms with Crippen LogP contribution in [0.5, 0.6) is 5.75 Å². The topological polar surface area (TPSA) is 125 Å². The molecule has 0 saturated heterocycles. The first kappa shape index (κ1) is 16.6. The maximum Gasteiger partial charge on any atom is 0.326 e. The van der Waals surface area contributed by atoms with Crippen molar-refractivity contribution in [2.75, 3.05) is 12.4 Å². The van der Waals surface area contributed by atoms with Crippen LogP contribution in [0.3, 0.4) is 0 Å². The molecule has 0 aromatic heterocycles. The average Bonchev–Trinajstić information content (AvgIpc) is 2.39. The SMILES string of the molecule is COc1ccc(Cl)c(NC(=O)N[C@H](CC(=O)O)C(=O)O)c1. The molecule has 0 radical (unpaired) electrons. The van der Waals surface area contributed by atoms with Gasteiger partial charge >= 0.3 is 18.0 Å². The van der Waals surface area contributed by atoms with Crippen LogP contribution in [0.1, 0.15) is 6.42 Å². The second kappa shape index (κ2) is 7.34. The van der Waals surface area contributed by atoms with Crippen molar-refractivity contribution in [1.29, 1.82) is 0 Å². The van der Waals surface area contributed by atoms with Gasteiger partial charge in [0.2, 0.25) is 0 Å². The van der Waals surface area contributed by atoms with Gasteiger partial charge in [0.05, 0.1) is 24.2 Å². The number of ether oxygens (including phenoxy) is 1. The molecule has 0 unspecified atom stereocenters. The van der Waals surface area contributed by atoms with E-state index < -0.39 is 30.4 Å². The van der Waals surface area contributed by atoms with Gasteiger partial charge in [-0.3, -0.25) is 4.79 Å². The van der Waals surface area contributed by atoms with Gasteiger partial charge in [0.15, 0.2) is 0 Å². The molecule has 1 aromatic rings. The first-order valence-electron chi connectivity index (χ1n) is 5.69. The minimum Gasteiger partial charge on any atom is -0.497 e. The van der Waals surface area contributed by atoms with Crippen molar-refractivity contribution in [1.82, 2.24) is 5.32 Å². The highest BCUT2D eigenvalue weighted by atomic mass is 35.5. The second-order valence-electron chi connectivity index (χ2n) is 3.93. The number of hydrogen-bond acceptors (Lipinski definition) is 4. The molecule has 0 aliphatic carbocycles. The van der Waals surface area contributed by atoms with Gasteiger partial charge in [-0.1, -0.05) is 11.6 Å². The van der Waals surface area contributed by atoms with Gasteiger partial charge in [-0.05, 0) is 12.1 Å². The third-order valence-electron chi connectivity index (χ3n) is 2.40. The summed E-state index contributed by atoms with van der Waals surface area (Å²) >= 11 is 5.87. The Balaban J connectivity index is 2.76. The van der Waals surface area contributed by atoms with Crippen molar-refractivity contribution in [3.8, 4) is 5.75 Å². The van der Waals surface area contributed by atoms with E-state index in [1.54, 1.807) is 6.07 Å². The lowest BCUT2D eigenvalue weighted by atomic mass is 10.2. The highest BCUT2D eigenvalue weighted by Crippen LogP contribution is 2.26. The van der Waals surface area contributed by atoms with Crippen LogP contribution in [-0.4, -0.2) is 41.3 Å². The minimum absolute atomic E-state index is 0.202. The number of carbonyl (C=O) groups excluding carboxylic acids is 1. The highest BCUT2D eigenvalue weighted by molar-refractivity contribution is 6.33. The van der Waals surface area contributed by atoms with Crippen LogP contribution in [0, 0.1) is 0 Å². The predicted octanol–water partition coefficient (Wildman–Crippen LogP) is 1.40. The van der Waals surface area contributed by atoms with Crippen molar-refractivity contribution < 1.29 is 29.3 Å². The number of benzene rings is 1. The number of carbonyl (C=O) groups is 3. The lowest BCUT2D eigenvalue weighted by Gasteiger charge is -2.14. The smallest absolute Gasteiger partial charge is 0.326 e. The van der Waals surface area contributed by atoms with E-state index in [9.17, 15) is 14.4 Å². The summed E-state index contributed by atoms with van der Waals surface area (Å²) in [5.41, 5.74) is 0.202. The Labute approximate surface area is 124 Å². The molecule has 2 amide bonds. The van der Waals surface area contributed by atoms with Crippen LogP contribution in [0.2, 0.25) is 5.02 Å². The number of halogens is 1. The molecular formula is C12H13ClN2O6. The first-order valence-corrected chi connectivity index (χ1v) is 6.07. The van der Waals surface area contributed by atoms with Gasteiger partial charge in [-0.2, -0.15) is 0 Å². The zero-order valence-corrected chi connectivity index (χ0v) is 11.7. The van der Waals surface area contributed by atoms with Crippen molar-refractivity contribution >= 4 is 35.3 Å². The van der Waals surface area contributed by atoms with Gasteiger partial charge in [-0.15, -0.1) is 0 Å². The van der Waals surface area contributed by atoms with E-state index >= 15 is 0 Å². The second-order valence-corrected chi connectivity index (χ2v) is 4.34. The van der Waals surface area contributed by atoms with E-state index in [-0.39, 0.29) is 10.7 Å². The molecule has 9 heteroatoms. The van der Waals surface area contributed by atoms with Crippen molar-refractivity contribution in [2.24, 2.45) is 0 Å². The zero-order chi connectivity index (χ0) is 16.0. The minimum atomic E-state index is -1.55. The number of carboxylic acids is 2. The molecule has 0 saturated carbocycles. The normalized spacial score (nSPS) is 11.3. The Bertz CT molecular complexity index is 563. The number of urea groups is 1. The lowest BCUT2D eigenvalue weighted by Crippen LogP contribution is -2.44. The van der Waals surface area contributed by atoms with Crippen LogP contribution in [-0.2, 0) is 9.59 Å². The number of anilines is 1. The highest BCUT2D eigenvalue weighted by Gasteiger charge is 2.23. The maximum absolute atomic E-state index is 11.7. The van der Waals surface area contributed by atoms with Gasteiger partial charge in [-0.25, -0.2) is 9.59 Å². The molecule has 0 bridgehead atoms. The number of amides is 2. The van der Waals surface area contributed by atoms with E-state index in [2.05, 4.69) is 5.32 Å². The van der Waals surface area contributed by atoms with E-state index in [1.807, 2.05) is 5.32 Å². The van der Waals surface area contributed by atoms with Crippen LogP contribution in [0.4, 0.5) is 10.5 Å². The van der Waals surface area contributed by atoms with Crippen LogP contribution in [0.15, 0.2) is 18.2 Å². The average molecular weight is 317 g/mol. The molecule has 0 aliphatic rings. The fourth-order valence-corrected chi connectivity index (χ4v) is 1.58. The number of hydrogen-bond donors (Lipinski definition) is 4. The summed E-state index contributed by atoms with van der Waals surface area (Å²) in [7, 11) is 1.43. The monoisotopic (exact) mass is 316 g/mol. The third-order valence-corrected chi connectivity index (χ3v) is 2.73. The number of rotatable bonds is 6. The van der Waals surface area contributed by atoms with Gasteiger partial charge in [0.25, 0.3) is 0 Å². The summed E-state index contributed by atoms with van der Waals surface area (Å²) in [5, 5.41) is 22.0. The van der Waals surface area contributed by atoms with Crippen molar-refractivity contribution in [2.45, 2.75) is 12.5 Å². The number of methoxy groups -OCH3 is 1. The summed E-state index contributed by atoms with van der Waals surface area (Å²) in [5.74, 6) is -2.36. The van der Waals surface area contributed by atoms with Gasteiger partial charge in [0, 0.05) is 6.07 Å².